The highest BCUT2D eigenvalue weighted by atomic mass is 35.5. The van der Waals surface area contributed by atoms with Crippen molar-refractivity contribution >= 4 is 17.3 Å². The second-order valence-corrected chi connectivity index (χ2v) is 5.29. The molecule has 3 heteroatoms. The Labute approximate surface area is 119 Å². The van der Waals surface area contributed by atoms with E-state index in [1.807, 2.05) is 24.3 Å². The molecule has 0 aromatic heterocycles. The maximum Gasteiger partial charge on any atom is 0.139 e. The number of para-hydroxylation sites is 1. The number of rotatable bonds is 4. The molecular formula is C16H18ClNO. The van der Waals surface area contributed by atoms with E-state index in [1.54, 1.807) is 6.07 Å². The lowest BCUT2D eigenvalue weighted by Crippen LogP contribution is -2.00. The summed E-state index contributed by atoms with van der Waals surface area (Å²) in [6, 6.07) is 13.7. The monoisotopic (exact) mass is 275 g/mol. The fourth-order valence-electron chi connectivity index (χ4n) is 1.91. The number of aromatic hydroxyl groups is 1. The molecule has 0 saturated carbocycles. The van der Waals surface area contributed by atoms with Gasteiger partial charge in [0.1, 0.15) is 5.75 Å². The molecule has 0 radical (unpaired) electrons. The summed E-state index contributed by atoms with van der Waals surface area (Å²) >= 11 is 5.88. The molecule has 0 aliphatic heterocycles. The summed E-state index contributed by atoms with van der Waals surface area (Å²) in [6.45, 7) is 4.89. The van der Waals surface area contributed by atoms with Gasteiger partial charge in [0, 0.05) is 17.8 Å². The largest absolute Gasteiger partial charge is 0.506 e. The minimum Gasteiger partial charge on any atom is -0.506 e. The zero-order chi connectivity index (χ0) is 13.8. The molecule has 0 spiro atoms. The molecular weight excluding hydrogens is 258 g/mol. The lowest BCUT2D eigenvalue weighted by atomic mass is 10.0. The molecule has 100 valence electrons. The van der Waals surface area contributed by atoms with E-state index < -0.39 is 0 Å². The molecule has 2 aromatic rings. The second-order valence-electron chi connectivity index (χ2n) is 4.88. The van der Waals surface area contributed by atoms with Gasteiger partial charge in [-0.25, -0.2) is 0 Å². The molecule has 2 nitrogen and oxygen atoms in total. The van der Waals surface area contributed by atoms with Crippen molar-refractivity contribution in [3.05, 3.63) is 58.6 Å². The van der Waals surface area contributed by atoms with Crippen molar-refractivity contribution in [2.75, 3.05) is 5.32 Å². The van der Waals surface area contributed by atoms with Gasteiger partial charge in [-0.2, -0.15) is 0 Å². The lowest BCUT2D eigenvalue weighted by Gasteiger charge is -2.11. The summed E-state index contributed by atoms with van der Waals surface area (Å²) in [5, 5.41) is 13.5. The number of hydrogen-bond acceptors (Lipinski definition) is 2. The van der Waals surface area contributed by atoms with Crippen LogP contribution in [-0.4, -0.2) is 5.11 Å². The number of phenols is 1. The highest BCUT2D eigenvalue weighted by Gasteiger charge is 2.05. The molecule has 2 rings (SSSR count). The highest BCUT2D eigenvalue weighted by molar-refractivity contribution is 6.32. The van der Waals surface area contributed by atoms with Gasteiger partial charge in [-0.05, 0) is 29.7 Å². The summed E-state index contributed by atoms with van der Waals surface area (Å²) in [5.41, 5.74) is 3.13. The minimum absolute atomic E-state index is 0.150. The number of nitrogens with one attached hydrogen (secondary N) is 1. The average molecular weight is 276 g/mol. The van der Waals surface area contributed by atoms with E-state index in [4.69, 9.17) is 11.6 Å². The lowest BCUT2D eigenvalue weighted by molar-refractivity contribution is 0.469. The van der Waals surface area contributed by atoms with Crippen molar-refractivity contribution in [3.63, 3.8) is 0 Å². The van der Waals surface area contributed by atoms with E-state index in [2.05, 4.69) is 31.3 Å². The van der Waals surface area contributed by atoms with Crippen molar-refractivity contribution in [2.24, 2.45) is 0 Å². The van der Waals surface area contributed by atoms with Crippen LogP contribution in [-0.2, 0) is 6.54 Å². The molecule has 0 unspecified atom stereocenters. The summed E-state index contributed by atoms with van der Waals surface area (Å²) in [7, 11) is 0. The third-order valence-electron chi connectivity index (χ3n) is 3.11. The van der Waals surface area contributed by atoms with E-state index in [0.29, 0.717) is 17.5 Å². The summed E-state index contributed by atoms with van der Waals surface area (Å²) < 4.78 is 0. The molecule has 0 aliphatic rings. The third kappa shape index (κ3) is 3.42. The minimum atomic E-state index is 0.150. The first-order valence-corrected chi connectivity index (χ1v) is 6.76. The number of phenolic OH excluding ortho intramolecular Hbond substituents is 1. The van der Waals surface area contributed by atoms with Crippen LogP contribution in [0.2, 0.25) is 5.02 Å². The molecule has 0 aliphatic carbocycles. The molecule has 0 amide bonds. The fraction of sp³-hybridized carbons (Fsp3) is 0.250. The molecule has 0 atom stereocenters. The van der Waals surface area contributed by atoms with Gasteiger partial charge in [0.2, 0.25) is 0 Å². The van der Waals surface area contributed by atoms with E-state index in [0.717, 1.165) is 11.3 Å². The van der Waals surface area contributed by atoms with Gasteiger partial charge in [0.15, 0.2) is 0 Å². The normalized spacial score (nSPS) is 10.7. The van der Waals surface area contributed by atoms with Crippen molar-refractivity contribution < 1.29 is 5.11 Å². The zero-order valence-electron chi connectivity index (χ0n) is 11.2. The van der Waals surface area contributed by atoms with E-state index >= 15 is 0 Å². The Bertz CT molecular complexity index is 566. The Morgan fingerprint density at radius 1 is 1.16 bits per heavy atom. The van der Waals surface area contributed by atoms with Gasteiger partial charge in [-0.3, -0.25) is 0 Å². The second kappa shape index (κ2) is 5.98. The Morgan fingerprint density at radius 2 is 1.89 bits per heavy atom. The van der Waals surface area contributed by atoms with E-state index in [1.165, 1.54) is 5.56 Å². The first kappa shape index (κ1) is 13.8. The third-order valence-corrected chi connectivity index (χ3v) is 3.41. The van der Waals surface area contributed by atoms with Crippen LogP contribution in [0.3, 0.4) is 0 Å². The summed E-state index contributed by atoms with van der Waals surface area (Å²) in [6.07, 6.45) is 0. The number of benzene rings is 2. The number of hydrogen-bond donors (Lipinski definition) is 2. The van der Waals surface area contributed by atoms with Gasteiger partial charge in [0.05, 0.1) is 5.02 Å². The Kier molecular flexibility index (Phi) is 4.33. The van der Waals surface area contributed by atoms with Gasteiger partial charge >= 0.3 is 0 Å². The van der Waals surface area contributed by atoms with Crippen LogP contribution in [0.15, 0.2) is 42.5 Å². The van der Waals surface area contributed by atoms with Crippen LogP contribution in [0.25, 0.3) is 0 Å². The van der Waals surface area contributed by atoms with Crippen LogP contribution in [0.5, 0.6) is 5.75 Å². The van der Waals surface area contributed by atoms with Crippen LogP contribution in [0.1, 0.15) is 30.9 Å². The van der Waals surface area contributed by atoms with Gasteiger partial charge < -0.3 is 10.4 Å². The predicted molar refractivity (Wildman–Crippen MR) is 81.0 cm³/mol. The number of anilines is 1. The molecule has 0 saturated heterocycles. The SMILES string of the molecule is CC(C)c1cccc(NCc2cccc(Cl)c2O)c1. The number of halogens is 1. The van der Waals surface area contributed by atoms with Crippen molar-refractivity contribution in [1.82, 2.24) is 0 Å². The highest BCUT2D eigenvalue weighted by Crippen LogP contribution is 2.27. The van der Waals surface area contributed by atoms with Crippen LogP contribution >= 0.6 is 11.6 Å². The zero-order valence-corrected chi connectivity index (χ0v) is 11.9. The van der Waals surface area contributed by atoms with E-state index in [9.17, 15) is 5.11 Å². The molecule has 0 heterocycles. The quantitative estimate of drug-likeness (QED) is 0.841. The van der Waals surface area contributed by atoms with Crippen LogP contribution < -0.4 is 5.32 Å². The van der Waals surface area contributed by atoms with Gasteiger partial charge in [0.25, 0.3) is 0 Å². The maximum atomic E-state index is 9.85. The maximum absolute atomic E-state index is 9.85. The topological polar surface area (TPSA) is 32.3 Å². The van der Waals surface area contributed by atoms with Crippen LogP contribution in [0, 0.1) is 0 Å². The molecule has 0 fully saturated rings. The van der Waals surface area contributed by atoms with E-state index in [-0.39, 0.29) is 5.75 Å². The average Bonchev–Trinajstić information content (AvgIpc) is 2.41. The standard InChI is InChI=1S/C16H18ClNO/c1-11(2)12-5-3-7-14(9-12)18-10-13-6-4-8-15(17)16(13)19/h3-9,11,18-19H,10H2,1-2H3. The summed E-state index contributed by atoms with van der Waals surface area (Å²) in [5.74, 6) is 0.651. The van der Waals surface area contributed by atoms with Crippen LogP contribution in [0.4, 0.5) is 5.69 Å². The van der Waals surface area contributed by atoms with Gasteiger partial charge in [-0.1, -0.05) is 49.7 Å². The Morgan fingerprint density at radius 3 is 2.63 bits per heavy atom. The molecule has 2 N–H and O–H groups in total. The molecule has 0 bridgehead atoms. The summed E-state index contributed by atoms with van der Waals surface area (Å²) in [4.78, 5) is 0. The fourth-order valence-corrected chi connectivity index (χ4v) is 2.10. The predicted octanol–water partition coefficient (Wildman–Crippen LogP) is 4.78. The first-order chi connectivity index (χ1) is 9.08. The van der Waals surface area contributed by atoms with Crippen molar-refractivity contribution in [2.45, 2.75) is 26.3 Å². The molecule has 19 heavy (non-hydrogen) atoms. The van der Waals surface area contributed by atoms with Crippen molar-refractivity contribution in [3.8, 4) is 5.75 Å². The smallest absolute Gasteiger partial charge is 0.139 e. The molecule has 2 aromatic carbocycles. The van der Waals surface area contributed by atoms with Crippen molar-refractivity contribution in [1.29, 1.82) is 0 Å². The Balaban J connectivity index is 2.10. The first-order valence-electron chi connectivity index (χ1n) is 6.38. The Hall–Kier alpha value is -1.67. The van der Waals surface area contributed by atoms with Gasteiger partial charge in [-0.15, -0.1) is 0 Å².